The molecular formula is C12H18N4S3. The highest BCUT2D eigenvalue weighted by molar-refractivity contribution is 7.80. The van der Waals surface area contributed by atoms with E-state index in [1.54, 1.807) is 24.3 Å². The Morgan fingerprint density at radius 2 is 0.947 bits per heavy atom. The Balaban J connectivity index is 0.000000324. The maximum Gasteiger partial charge on any atom is 0.0683 e. The van der Waals surface area contributed by atoms with Crippen molar-refractivity contribution in [2.24, 2.45) is 0 Å². The SMILES string of the molecule is Nc1cccc(S)c1N.Nc1cccc(S)c1N.S. The van der Waals surface area contributed by atoms with E-state index in [9.17, 15) is 0 Å². The molecule has 0 amide bonds. The second-order valence-corrected chi connectivity index (χ2v) is 4.52. The fraction of sp³-hybridized carbons (Fsp3) is 0. The zero-order chi connectivity index (χ0) is 13.7. The van der Waals surface area contributed by atoms with Gasteiger partial charge in [-0.05, 0) is 24.3 Å². The second-order valence-electron chi connectivity index (χ2n) is 3.56. The van der Waals surface area contributed by atoms with Gasteiger partial charge < -0.3 is 22.9 Å². The zero-order valence-corrected chi connectivity index (χ0v) is 13.0. The van der Waals surface area contributed by atoms with E-state index in [0.717, 1.165) is 9.79 Å². The van der Waals surface area contributed by atoms with Crippen molar-refractivity contribution in [3.05, 3.63) is 36.4 Å². The van der Waals surface area contributed by atoms with Crippen LogP contribution in [0.2, 0.25) is 0 Å². The number of hydrogen-bond acceptors (Lipinski definition) is 6. The van der Waals surface area contributed by atoms with Crippen LogP contribution in [0.4, 0.5) is 22.7 Å². The van der Waals surface area contributed by atoms with E-state index in [2.05, 4.69) is 25.3 Å². The molecule has 0 atom stereocenters. The highest BCUT2D eigenvalue weighted by atomic mass is 32.1. The van der Waals surface area contributed by atoms with Crippen LogP contribution in [0.25, 0.3) is 0 Å². The van der Waals surface area contributed by atoms with Crippen LogP contribution >= 0.6 is 38.8 Å². The van der Waals surface area contributed by atoms with Gasteiger partial charge in [0.1, 0.15) is 0 Å². The van der Waals surface area contributed by atoms with Crippen molar-refractivity contribution in [1.82, 2.24) is 0 Å². The molecule has 0 heterocycles. The normalized spacial score (nSPS) is 8.95. The maximum absolute atomic E-state index is 5.48. The van der Waals surface area contributed by atoms with Gasteiger partial charge in [0.15, 0.2) is 0 Å². The van der Waals surface area contributed by atoms with Crippen LogP contribution in [0.5, 0.6) is 0 Å². The van der Waals surface area contributed by atoms with Crippen LogP contribution < -0.4 is 22.9 Å². The van der Waals surface area contributed by atoms with E-state index >= 15 is 0 Å². The van der Waals surface area contributed by atoms with Crippen LogP contribution in [0.1, 0.15) is 0 Å². The molecule has 0 spiro atoms. The monoisotopic (exact) mass is 314 g/mol. The number of hydrogen-bond donors (Lipinski definition) is 6. The predicted octanol–water partition coefficient (Wildman–Crippen LogP) is 2.39. The van der Waals surface area contributed by atoms with E-state index in [1.165, 1.54) is 0 Å². The van der Waals surface area contributed by atoms with Crippen molar-refractivity contribution >= 4 is 61.5 Å². The first kappa shape index (κ1) is 17.7. The van der Waals surface area contributed by atoms with Crippen LogP contribution in [0, 0.1) is 0 Å². The molecule has 0 aliphatic carbocycles. The summed E-state index contributed by atoms with van der Waals surface area (Å²) in [5, 5.41) is 0. The smallest absolute Gasteiger partial charge is 0.0683 e. The minimum absolute atomic E-state index is 0. The molecule has 2 aromatic carbocycles. The molecule has 0 aromatic heterocycles. The molecule has 0 aliphatic heterocycles. The van der Waals surface area contributed by atoms with Crippen molar-refractivity contribution in [1.29, 1.82) is 0 Å². The van der Waals surface area contributed by atoms with Crippen molar-refractivity contribution in [3.63, 3.8) is 0 Å². The molecule has 7 heteroatoms. The molecule has 0 fully saturated rings. The standard InChI is InChI=1S/2C6H8N2S.H2S/c2*7-4-2-1-3-5(9)6(4)8;/h2*1-3,9H,7-8H2;1H2. The number of thiol groups is 2. The van der Waals surface area contributed by atoms with E-state index < -0.39 is 0 Å². The summed E-state index contributed by atoms with van der Waals surface area (Å²) in [6, 6.07) is 10.7. The first-order valence-corrected chi connectivity index (χ1v) is 5.98. The Labute approximate surface area is 130 Å². The van der Waals surface area contributed by atoms with Gasteiger partial charge in [-0.3, -0.25) is 0 Å². The fourth-order valence-electron chi connectivity index (χ4n) is 1.14. The third-order valence-corrected chi connectivity index (χ3v) is 3.01. The van der Waals surface area contributed by atoms with Gasteiger partial charge in [0.05, 0.1) is 22.7 Å². The van der Waals surface area contributed by atoms with Crippen LogP contribution in [-0.4, -0.2) is 0 Å². The molecule has 0 saturated carbocycles. The Bertz CT molecular complexity index is 456. The van der Waals surface area contributed by atoms with E-state index in [4.69, 9.17) is 22.9 Å². The molecule has 4 nitrogen and oxygen atoms in total. The Hall–Kier alpha value is -1.31. The number of nitrogen functional groups attached to an aromatic ring is 4. The van der Waals surface area contributed by atoms with Gasteiger partial charge in [0, 0.05) is 9.79 Å². The lowest BCUT2D eigenvalue weighted by atomic mass is 10.3. The molecule has 19 heavy (non-hydrogen) atoms. The van der Waals surface area contributed by atoms with E-state index in [1.807, 2.05) is 12.1 Å². The van der Waals surface area contributed by atoms with E-state index in [-0.39, 0.29) is 13.5 Å². The molecule has 0 saturated heterocycles. The van der Waals surface area contributed by atoms with Gasteiger partial charge in [0.25, 0.3) is 0 Å². The molecule has 104 valence electrons. The van der Waals surface area contributed by atoms with Crippen molar-refractivity contribution < 1.29 is 0 Å². The third kappa shape index (κ3) is 5.06. The quantitative estimate of drug-likeness (QED) is 0.332. The molecular weight excluding hydrogens is 296 g/mol. The highest BCUT2D eigenvalue weighted by Gasteiger charge is 1.95. The Morgan fingerprint density at radius 3 is 1.16 bits per heavy atom. The van der Waals surface area contributed by atoms with Gasteiger partial charge in [-0.15, -0.1) is 25.3 Å². The number of benzene rings is 2. The maximum atomic E-state index is 5.48. The first-order valence-electron chi connectivity index (χ1n) is 5.09. The predicted molar refractivity (Wildman–Crippen MR) is 95.4 cm³/mol. The number of rotatable bonds is 0. The summed E-state index contributed by atoms with van der Waals surface area (Å²) < 4.78 is 0. The van der Waals surface area contributed by atoms with Crippen LogP contribution in [-0.2, 0) is 0 Å². The number of nitrogens with two attached hydrogens (primary N) is 4. The molecule has 8 N–H and O–H groups in total. The second kappa shape index (κ2) is 7.98. The van der Waals surface area contributed by atoms with E-state index in [0.29, 0.717) is 22.7 Å². The largest absolute Gasteiger partial charge is 0.397 e. The van der Waals surface area contributed by atoms with Gasteiger partial charge in [0.2, 0.25) is 0 Å². The number of anilines is 4. The fourth-order valence-corrected chi connectivity index (χ4v) is 1.57. The molecule has 0 bridgehead atoms. The molecule has 0 aliphatic rings. The highest BCUT2D eigenvalue weighted by Crippen LogP contribution is 2.22. The average molecular weight is 315 g/mol. The summed E-state index contributed by atoms with van der Waals surface area (Å²) in [6.45, 7) is 0. The third-order valence-electron chi connectivity index (χ3n) is 2.23. The van der Waals surface area contributed by atoms with Gasteiger partial charge >= 0.3 is 0 Å². The van der Waals surface area contributed by atoms with Gasteiger partial charge in [-0.1, -0.05) is 12.1 Å². The minimum atomic E-state index is 0. The number of para-hydroxylation sites is 2. The van der Waals surface area contributed by atoms with Crippen molar-refractivity contribution in [2.75, 3.05) is 22.9 Å². The zero-order valence-electron chi connectivity index (χ0n) is 10.2. The summed E-state index contributed by atoms with van der Waals surface area (Å²) in [6.07, 6.45) is 0. The van der Waals surface area contributed by atoms with Crippen molar-refractivity contribution in [3.8, 4) is 0 Å². The summed E-state index contributed by atoms with van der Waals surface area (Å²) in [7, 11) is 0. The van der Waals surface area contributed by atoms with Gasteiger partial charge in [-0.2, -0.15) is 13.5 Å². The molecule has 2 aromatic rings. The average Bonchev–Trinajstić information content (AvgIpc) is 2.34. The van der Waals surface area contributed by atoms with Crippen LogP contribution in [0.15, 0.2) is 46.2 Å². The first-order chi connectivity index (χ1) is 8.43. The minimum Gasteiger partial charge on any atom is -0.397 e. The molecule has 2 rings (SSSR count). The topological polar surface area (TPSA) is 104 Å². The lowest BCUT2D eigenvalue weighted by Gasteiger charge is -1.99. The Kier molecular flexibility index (Phi) is 7.43. The van der Waals surface area contributed by atoms with Crippen LogP contribution in [0.3, 0.4) is 0 Å². The summed E-state index contributed by atoms with van der Waals surface area (Å²) in [4.78, 5) is 1.46. The summed E-state index contributed by atoms with van der Waals surface area (Å²) in [5.41, 5.74) is 24.1. The summed E-state index contributed by atoms with van der Waals surface area (Å²) in [5.74, 6) is 0. The summed E-state index contributed by atoms with van der Waals surface area (Å²) >= 11 is 8.13. The molecule has 0 unspecified atom stereocenters. The van der Waals surface area contributed by atoms with Crippen molar-refractivity contribution in [2.45, 2.75) is 9.79 Å². The van der Waals surface area contributed by atoms with Gasteiger partial charge in [-0.25, -0.2) is 0 Å². The lowest BCUT2D eigenvalue weighted by Crippen LogP contribution is -1.94. The molecule has 0 radical (unpaired) electrons. The lowest BCUT2D eigenvalue weighted by molar-refractivity contribution is 1.47. The Morgan fingerprint density at radius 1 is 0.632 bits per heavy atom.